The largest absolute Gasteiger partial charge is 0.330 e. The van der Waals surface area contributed by atoms with Gasteiger partial charge in [0.05, 0.1) is 0 Å². The van der Waals surface area contributed by atoms with Crippen LogP contribution in [0, 0.1) is 5.92 Å². The third-order valence-electron chi connectivity index (χ3n) is 2.52. The summed E-state index contributed by atoms with van der Waals surface area (Å²) in [6, 6.07) is 7.36. The molecule has 0 bridgehead atoms. The average Bonchev–Trinajstić information content (AvgIpc) is 2.23. The van der Waals surface area contributed by atoms with Gasteiger partial charge in [-0.15, -0.1) is 0 Å². The second kappa shape index (κ2) is 5.89. The van der Waals surface area contributed by atoms with E-state index in [1.54, 1.807) is 12.1 Å². The first-order chi connectivity index (χ1) is 7.17. The molecule has 82 valence electrons. The number of hydrogen-bond acceptors (Lipinski definition) is 2. The van der Waals surface area contributed by atoms with Gasteiger partial charge < -0.3 is 5.73 Å². The van der Waals surface area contributed by atoms with Crippen LogP contribution in [0.5, 0.6) is 0 Å². The highest BCUT2D eigenvalue weighted by atomic mass is 35.5. The van der Waals surface area contributed by atoms with E-state index in [0.717, 1.165) is 12.0 Å². The van der Waals surface area contributed by atoms with Crippen molar-refractivity contribution in [1.82, 2.24) is 0 Å². The number of carbonyl (C=O) groups excluding carboxylic acids is 1. The van der Waals surface area contributed by atoms with E-state index in [2.05, 4.69) is 0 Å². The van der Waals surface area contributed by atoms with E-state index in [-0.39, 0.29) is 11.7 Å². The third kappa shape index (κ3) is 3.65. The first-order valence-corrected chi connectivity index (χ1v) is 5.52. The van der Waals surface area contributed by atoms with Gasteiger partial charge in [-0.05, 0) is 24.1 Å². The van der Waals surface area contributed by atoms with Crippen LogP contribution in [-0.4, -0.2) is 12.3 Å². The summed E-state index contributed by atoms with van der Waals surface area (Å²) in [6.07, 6.45) is 1.26. The number of ketones is 1. The van der Waals surface area contributed by atoms with Crippen molar-refractivity contribution < 1.29 is 4.79 Å². The monoisotopic (exact) mass is 225 g/mol. The molecule has 1 aromatic rings. The molecule has 0 spiro atoms. The van der Waals surface area contributed by atoms with Gasteiger partial charge in [-0.1, -0.05) is 30.7 Å². The Kier molecular flexibility index (Phi) is 4.79. The molecule has 0 aliphatic rings. The molecule has 0 fully saturated rings. The molecule has 3 heteroatoms. The molecule has 0 saturated carbocycles. The summed E-state index contributed by atoms with van der Waals surface area (Å²) in [4.78, 5) is 11.7. The van der Waals surface area contributed by atoms with E-state index >= 15 is 0 Å². The fraction of sp³-hybridized carbons (Fsp3) is 0.417. The van der Waals surface area contributed by atoms with Gasteiger partial charge >= 0.3 is 0 Å². The third-order valence-corrected chi connectivity index (χ3v) is 2.78. The molecule has 0 radical (unpaired) electrons. The topological polar surface area (TPSA) is 43.1 Å². The predicted octanol–water partition coefficient (Wildman–Crippen LogP) is 2.44. The predicted molar refractivity (Wildman–Crippen MR) is 63.0 cm³/mol. The van der Waals surface area contributed by atoms with Gasteiger partial charge in [-0.2, -0.15) is 0 Å². The van der Waals surface area contributed by atoms with Crippen LogP contribution in [-0.2, 0) is 11.2 Å². The van der Waals surface area contributed by atoms with E-state index in [9.17, 15) is 4.79 Å². The van der Waals surface area contributed by atoms with Crippen molar-refractivity contribution in [2.45, 2.75) is 19.8 Å². The highest BCUT2D eigenvalue weighted by Crippen LogP contribution is 2.12. The van der Waals surface area contributed by atoms with Gasteiger partial charge in [0, 0.05) is 23.9 Å². The van der Waals surface area contributed by atoms with Crippen LogP contribution in [0.2, 0.25) is 5.02 Å². The maximum Gasteiger partial charge on any atom is 0.141 e. The molecule has 0 amide bonds. The van der Waals surface area contributed by atoms with Crippen molar-refractivity contribution in [3.63, 3.8) is 0 Å². The fourth-order valence-corrected chi connectivity index (χ4v) is 1.60. The Balaban J connectivity index is 2.61. The van der Waals surface area contributed by atoms with Crippen LogP contribution >= 0.6 is 11.6 Å². The molecule has 0 aromatic heterocycles. The standard InChI is InChI=1S/C12H16ClNO/c1-2-10(8-14)12(15)7-9-3-5-11(13)6-4-9/h3-6,10H,2,7-8,14H2,1H3. The lowest BCUT2D eigenvalue weighted by molar-refractivity contribution is -0.122. The van der Waals surface area contributed by atoms with Gasteiger partial charge in [0.1, 0.15) is 5.78 Å². The van der Waals surface area contributed by atoms with Crippen LogP contribution in [0.4, 0.5) is 0 Å². The Morgan fingerprint density at radius 3 is 2.47 bits per heavy atom. The first-order valence-electron chi connectivity index (χ1n) is 5.14. The summed E-state index contributed by atoms with van der Waals surface area (Å²) < 4.78 is 0. The highest BCUT2D eigenvalue weighted by Gasteiger charge is 2.14. The SMILES string of the molecule is CCC(CN)C(=O)Cc1ccc(Cl)cc1. The van der Waals surface area contributed by atoms with E-state index in [1.165, 1.54) is 0 Å². The van der Waals surface area contributed by atoms with Crippen molar-refractivity contribution in [2.75, 3.05) is 6.54 Å². The van der Waals surface area contributed by atoms with Gasteiger partial charge in [0.15, 0.2) is 0 Å². The minimum Gasteiger partial charge on any atom is -0.330 e. The van der Waals surface area contributed by atoms with Crippen molar-refractivity contribution in [1.29, 1.82) is 0 Å². The number of halogens is 1. The molecule has 0 saturated heterocycles. The molecule has 0 aliphatic heterocycles. The molecule has 0 aliphatic carbocycles. The first kappa shape index (κ1) is 12.2. The smallest absolute Gasteiger partial charge is 0.141 e. The molecular weight excluding hydrogens is 210 g/mol. The molecule has 1 aromatic carbocycles. The minimum atomic E-state index is -0.0133. The van der Waals surface area contributed by atoms with Crippen molar-refractivity contribution in [3.05, 3.63) is 34.9 Å². The lowest BCUT2D eigenvalue weighted by Gasteiger charge is -2.10. The lowest BCUT2D eigenvalue weighted by Crippen LogP contribution is -2.24. The zero-order valence-electron chi connectivity index (χ0n) is 8.87. The van der Waals surface area contributed by atoms with Gasteiger partial charge in [-0.25, -0.2) is 0 Å². The number of benzene rings is 1. The number of nitrogens with two attached hydrogens (primary N) is 1. The van der Waals surface area contributed by atoms with E-state index < -0.39 is 0 Å². The lowest BCUT2D eigenvalue weighted by atomic mass is 9.96. The molecule has 2 N–H and O–H groups in total. The molecule has 1 rings (SSSR count). The van der Waals surface area contributed by atoms with Gasteiger partial charge in [0.25, 0.3) is 0 Å². The van der Waals surface area contributed by atoms with Gasteiger partial charge in [0.2, 0.25) is 0 Å². The van der Waals surface area contributed by atoms with Gasteiger partial charge in [-0.3, -0.25) is 4.79 Å². The number of Topliss-reactive ketones (excluding diaryl/α,β-unsaturated/α-hetero) is 1. The minimum absolute atomic E-state index is 0.0133. The Hall–Kier alpha value is -0.860. The van der Waals surface area contributed by atoms with Crippen LogP contribution in [0.1, 0.15) is 18.9 Å². The van der Waals surface area contributed by atoms with E-state index in [0.29, 0.717) is 18.0 Å². The van der Waals surface area contributed by atoms with Crippen LogP contribution < -0.4 is 5.73 Å². The zero-order chi connectivity index (χ0) is 11.3. The molecular formula is C12H16ClNO. The quantitative estimate of drug-likeness (QED) is 0.837. The Labute approximate surface area is 95.4 Å². The van der Waals surface area contributed by atoms with Crippen LogP contribution in [0.25, 0.3) is 0 Å². The van der Waals surface area contributed by atoms with E-state index in [4.69, 9.17) is 17.3 Å². The highest BCUT2D eigenvalue weighted by molar-refractivity contribution is 6.30. The summed E-state index contributed by atoms with van der Waals surface area (Å²) in [5.74, 6) is 0.197. The summed E-state index contributed by atoms with van der Waals surface area (Å²) in [7, 11) is 0. The van der Waals surface area contributed by atoms with Crippen molar-refractivity contribution in [3.8, 4) is 0 Å². The molecule has 2 nitrogen and oxygen atoms in total. The Bertz CT molecular complexity index is 317. The number of carbonyl (C=O) groups is 1. The van der Waals surface area contributed by atoms with Crippen molar-refractivity contribution in [2.24, 2.45) is 11.7 Å². The number of rotatable bonds is 5. The van der Waals surface area contributed by atoms with Crippen molar-refractivity contribution >= 4 is 17.4 Å². The number of hydrogen-bond donors (Lipinski definition) is 1. The Morgan fingerprint density at radius 1 is 1.40 bits per heavy atom. The summed E-state index contributed by atoms with van der Waals surface area (Å²) >= 11 is 5.76. The molecule has 0 heterocycles. The molecule has 1 atom stereocenters. The average molecular weight is 226 g/mol. The normalized spacial score (nSPS) is 12.5. The second-order valence-electron chi connectivity index (χ2n) is 3.61. The summed E-state index contributed by atoms with van der Waals surface area (Å²) in [6.45, 7) is 2.42. The Morgan fingerprint density at radius 2 is 2.00 bits per heavy atom. The van der Waals surface area contributed by atoms with Crippen LogP contribution in [0.15, 0.2) is 24.3 Å². The molecule has 15 heavy (non-hydrogen) atoms. The summed E-state index contributed by atoms with van der Waals surface area (Å²) in [5, 5.41) is 0.692. The zero-order valence-corrected chi connectivity index (χ0v) is 9.63. The molecule has 1 unspecified atom stereocenters. The summed E-state index contributed by atoms with van der Waals surface area (Å²) in [5.41, 5.74) is 6.52. The maximum atomic E-state index is 11.7. The fourth-order valence-electron chi connectivity index (χ4n) is 1.47. The van der Waals surface area contributed by atoms with E-state index in [1.807, 2.05) is 19.1 Å². The second-order valence-corrected chi connectivity index (χ2v) is 4.05. The maximum absolute atomic E-state index is 11.7. The van der Waals surface area contributed by atoms with Crippen LogP contribution in [0.3, 0.4) is 0 Å².